The van der Waals surface area contributed by atoms with E-state index in [1.54, 1.807) is 0 Å². The van der Waals surface area contributed by atoms with Gasteiger partial charge in [-0.2, -0.15) is 0 Å². The van der Waals surface area contributed by atoms with Crippen molar-refractivity contribution in [2.24, 2.45) is 11.8 Å². The lowest BCUT2D eigenvalue weighted by Crippen LogP contribution is -2.06. The van der Waals surface area contributed by atoms with Crippen LogP contribution in [0.25, 0.3) is 0 Å². The standard InChI is InChI=1S/C8H18O.2C6H10O3/c1-7(2)5-9-6-8(3)4;2*1-2-3-5(7)4-6(8)9/h7-8H,5-6H2,1-4H3;2*2-4H2,1H3,(H,8,9). The lowest BCUT2D eigenvalue weighted by Gasteiger charge is -2.07. The van der Waals surface area contributed by atoms with Crippen LogP contribution >= 0.6 is 0 Å². The summed E-state index contributed by atoms with van der Waals surface area (Å²) in [5.41, 5.74) is 0. The Bertz CT molecular complexity index is 377. The van der Waals surface area contributed by atoms with Crippen LogP contribution in [-0.2, 0) is 23.9 Å². The van der Waals surface area contributed by atoms with Crippen molar-refractivity contribution in [2.45, 2.75) is 80.1 Å². The summed E-state index contributed by atoms with van der Waals surface area (Å²) in [6.45, 7) is 14.2. The van der Waals surface area contributed by atoms with Gasteiger partial charge in [-0.3, -0.25) is 19.2 Å². The molecule has 0 atom stereocenters. The highest BCUT2D eigenvalue weighted by Gasteiger charge is 2.05. The number of carbonyl (C=O) groups is 4. The molecule has 0 aromatic heterocycles. The first-order valence-corrected chi connectivity index (χ1v) is 9.50. The highest BCUT2D eigenvalue weighted by molar-refractivity contribution is 5.95. The highest BCUT2D eigenvalue weighted by Crippen LogP contribution is 1.97. The van der Waals surface area contributed by atoms with Gasteiger partial charge in [0, 0.05) is 26.1 Å². The highest BCUT2D eigenvalue weighted by atomic mass is 16.5. The number of carboxylic acids is 2. The molecule has 0 aromatic rings. The number of carbonyl (C=O) groups excluding carboxylic acids is 2. The molecular formula is C20H38O7. The lowest BCUT2D eigenvalue weighted by atomic mass is 10.2. The molecule has 0 aliphatic heterocycles. The Balaban J connectivity index is -0.000000320. The van der Waals surface area contributed by atoms with Gasteiger partial charge in [-0.1, -0.05) is 41.5 Å². The predicted molar refractivity (Wildman–Crippen MR) is 105 cm³/mol. The average Bonchev–Trinajstić information content (AvgIpc) is 2.46. The number of rotatable bonds is 12. The van der Waals surface area contributed by atoms with E-state index in [4.69, 9.17) is 14.9 Å². The molecule has 0 spiro atoms. The van der Waals surface area contributed by atoms with Gasteiger partial charge in [0.2, 0.25) is 0 Å². The van der Waals surface area contributed by atoms with Crippen molar-refractivity contribution in [1.82, 2.24) is 0 Å². The van der Waals surface area contributed by atoms with Gasteiger partial charge in [0.25, 0.3) is 0 Å². The van der Waals surface area contributed by atoms with Crippen LogP contribution in [0, 0.1) is 11.8 Å². The first kappa shape index (κ1) is 30.0. The van der Waals surface area contributed by atoms with E-state index < -0.39 is 11.9 Å². The molecule has 0 saturated heterocycles. The van der Waals surface area contributed by atoms with Crippen molar-refractivity contribution in [3.63, 3.8) is 0 Å². The minimum atomic E-state index is -1.03. The smallest absolute Gasteiger partial charge is 0.310 e. The summed E-state index contributed by atoms with van der Waals surface area (Å²) in [6, 6.07) is 0. The summed E-state index contributed by atoms with van der Waals surface area (Å²) in [5, 5.41) is 16.2. The molecule has 0 aromatic carbocycles. The SMILES string of the molecule is CC(C)COCC(C)C.CCCC(=O)CC(=O)O.CCCC(=O)CC(=O)O. The fourth-order valence-corrected chi connectivity index (χ4v) is 1.61. The third-order valence-electron chi connectivity index (χ3n) is 2.66. The topological polar surface area (TPSA) is 118 Å². The average molecular weight is 391 g/mol. The number of carboxylic acid groups (broad SMARTS) is 2. The summed E-state index contributed by atoms with van der Waals surface area (Å²) < 4.78 is 5.36. The van der Waals surface area contributed by atoms with Crippen molar-refractivity contribution in [3.8, 4) is 0 Å². The second-order valence-corrected chi connectivity index (χ2v) is 7.04. The maximum atomic E-state index is 10.5. The Morgan fingerprint density at radius 2 is 1.00 bits per heavy atom. The molecule has 0 heterocycles. The van der Waals surface area contributed by atoms with E-state index >= 15 is 0 Å². The monoisotopic (exact) mass is 390 g/mol. The summed E-state index contributed by atoms with van der Waals surface area (Å²) >= 11 is 0. The Morgan fingerprint density at radius 3 is 1.19 bits per heavy atom. The van der Waals surface area contributed by atoms with E-state index in [1.807, 2.05) is 13.8 Å². The van der Waals surface area contributed by atoms with Crippen molar-refractivity contribution >= 4 is 23.5 Å². The summed E-state index contributed by atoms with van der Waals surface area (Å²) in [5.74, 6) is -1.11. The van der Waals surface area contributed by atoms with Gasteiger partial charge in [0.15, 0.2) is 0 Å². The van der Waals surface area contributed by atoms with Crippen molar-refractivity contribution in [3.05, 3.63) is 0 Å². The van der Waals surface area contributed by atoms with Gasteiger partial charge in [-0.15, -0.1) is 0 Å². The summed E-state index contributed by atoms with van der Waals surface area (Å²) in [6.07, 6.45) is 1.57. The maximum absolute atomic E-state index is 10.5. The summed E-state index contributed by atoms with van der Waals surface area (Å²) in [7, 11) is 0. The van der Waals surface area contributed by atoms with Crippen LogP contribution < -0.4 is 0 Å². The number of ketones is 2. The molecule has 0 amide bonds. The van der Waals surface area contributed by atoms with E-state index in [-0.39, 0.29) is 24.4 Å². The number of hydrogen-bond acceptors (Lipinski definition) is 5. The molecule has 0 bridgehead atoms. The molecular weight excluding hydrogens is 352 g/mol. The minimum absolute atomic E-state index is 0.190. The van der Waals surface area contributed by atoms with Crippen LogP contribution in [0.5, 0.6) is 0 Å². The fraction of sp³-hybridized carbons (Fsp3) is 0.800. The van der Waals surface area contributed by atoms with Crippen LogP contribution in [0.1, 0.15) is 80.1 Å². The molecule has 0 radical (unpaired) electrons. The van der Waals surface area contributed by atoms with Crippen LogP contribution in [-0.4, -0.2) is 46.9 Å². The predicted octanol–water partition coefficient (Wildman–Crippen LogP) is 3.98. The van der Waals surface area contributed by atoms with Crippen LogP contribution in [0.2, 0.25) is 0 Å². The van der Waals surface area contributed by atoms with Crippen LogP contribution in [0.3, 0.4) is 0 Å². The Morgan fingerprint density at radius 1 is 0.704 bits per heavy atom. The molecule has 0 rings (SSSR count). The van der Waals surface area contributed by atoms with Crippen LogP contribution in [0.4, 0.5) is 0 Å². The fourth-order valence-electron chi connectivity index (χ4n) is 1.61. The van der Waals surface area contributed by atoms with Gasteiger partial charge < -0.3 is 14.9 Å². The maximum Gasteiger partial charge on any atom is 0.310 e. The van der Waals surface area contributed by atoms with Crippen LogP contribution in [0.15, 0.2) is 0 Å². The zero-order valence-electron chi connectivity index (χ0n) is 17.7. The number of hydrogen-bond donors (Lipinski definition) is 2. The van der Waals surface area contributed by atoms with Crippen molar-refractivity contribution in [1.29, 1.82) is 0 Å². The van der Waals surface area contributed by atoms with E-state index in [2.05, 4.69) is 27.7 Å². The molecule has 7 nitrogen and oxygen atoms in total. The van der Waals surface area contributed by atoms with Gasteiger partial charge in [-0.05, 0) is 24.7 Å². The zero-order chi connectivity index (χ0) is 21.8. The quantitative estimate of drug-likeness (QED) is 0.484. The molecule has 160 valence electrons. The molecule has 0 unspecified atom stereocenters. The normalized spacial score (nSPS) is 9.78. The van der Waals surface area contributed by atoms with Crippen molar-refractivity contribution < 1.29 is 34.1 Å². The van der Waals surface area contributed by atoms with E-state index in [1.165, 1.54) is 0 Å². The minimum Gasteiger partial charge on any atom is -0.481 e. The third kappa shape index (κ3) is 36.0. The first-order chi connectivity index (χ1) is 12.5. The number of ether oxygens (including phenoxy) is 1. The van der Waals surface area contributed by atoms with E-state index in [9.17, 15) is 19.2 Å². The molecule has 0 saturated carbocycles. The molecule has 0 aliphatic carbocycles. The largest absolute Gasteiger partial charge is 0.481 e. The lowest BCUT2D eigenvalue weighted by molar-refractivity contribution is -0.141. The Hall–Kier alpha value is -1.76. The first-order valence-electron chi connectivity index (χ1n) is 9.50. The van der Waals surface area contributed by atoms with Gasteiger partial charge in [-0.25, -0.2) is 0 Å². The molecule has 7 heteroatoms. The summed E-state index contributed by atoms with van der Waals surface area (Å²) in [4.78, 5) is 40.7. The zero-order valence-corrected chi connectivity index (χ0v) is 17.7. The molecule has 2 N–H and O–H groups in total. The second kappa shape index (κ2) is 20.6. The van der Waals surface area contributed by atoms with Gasteiger partial charge in [0.1, 0.15) is 24.4 Å². The van der Waals surface area contributed by atoms with E-state index in [0.717, 1.165) is 26.1 Å². The van der Waals surface area contributed by atoms with Gasteiger partial charge in [0.05, 0.1) is 0 Å². The second-order valence-electron chi connectivity index (χ2n) is 7.04. The van der Waals surface area contributed by atoms with Crippen molar-refractivity contribution in [2.75, 3.05) is 13.2 Å². The van der Waals surface area contributed by atoms with Gasteiger partial charge >= 0.3 is 11.9 Å². The molecule has 0 fully saturated rings. The third-order valence-corrected chi connectivity index (χ3v) is 2.66. The molecule has 27 heavy (non-hydrogen) atoms. The molecule has 0 aliphatic rings. The number of aliphatic carboxylic acids is 2. The Kier molecular flexibility index (Phi) is 22.8. The Labute approximate surface area is 163 Å². The van der Waals surface area contributed by atoms with E-state index in [0.29, 0.717) is 24.7 Å². The number of Topliss-reactive ketones (excluding diaryl/α,β-unsaturated/α-hetero) is 2.